The number of nitrogens with one attached hydrogen (secondary N) is 1. The maximum absolute atomic E-state index is 13.5. The van der Waals surface area contributed by atoms with Crippen LogP contribution < -0.4 is 21.5 Å². The number of carbonyl (C=O) groups excluding carboxylic acids is 1. The summed E-state index contributed by atoms with van der Waals surface area (Å²) < 4.78 is 30.2. The van der Waals surface area contributed by atoms with Crippen LogP contribution in [0.15, 0.2) is 33.7 Å². The number of rotatable bonds is 6. The first-order chi connectivity index (χ1) is 18.6. The van der Waals surface area contributed by atoms with Gasteiger partial charge in [-0.05, 0) is 6.92 Å². The molecule has 0 spiro atoms. The molecule has 2 aliphatic rings. The van der Waals surface area contributed by atoms with Crippen LogP contribution in [0.25, 0.3) is 21.7 Å². The van der Waals surface area contributed by atoms with Gasteiger partial charge in [0.1, 0.15) is 23.4 Å². The van der Waals surface area contributed by atoms with E-state index in [0.29, 0.717) is 16.5 Å². The van der Waals surface area contributed by atoms with E-state index < -0.39 is 47.5 Å². The number of halogens is 2. The van der Waals surface area contributed by atoms with Crippen LogP contribution in [0.2, 0.25) is 0 Å². The van der Waals surface area contributed by atoms with E-state index in [9.17, 15) is 23.2 Å². The molecule has 4 aromatic heterocycles. The summed E-state index contributed by atoms with van der Waals surface area (Å²) in [6.45, 7) is 1.59. The summed E-state index contributed by atoms with van der Waals surface area (Å²) in [5.74, 6) is -3.65. The van der Waals surface area contributed by atoms with Crippen molar-refractivity contribution in [2.45, 2.75) is 25.4 Å². The largest absolute Gasteiger partial charge is 0.340 e. The Hall–Kier alpha value is -4.52. The van der Waals surface area contributed by atoms with Crippen LogP contribution in [0.3, 0.4) is 0 Å². The van der Waals surface area contributed by atoms with Crippen molar-refractivity contribution < 1.29 is 15.0 Å². The van der Waals surface area contributed by atoms with E-state index in [2.05, 4.69) is 25.3 Å². The van der Waals surface area contributed by atoms with Gasteiger partial charge in [0.2, 0.25) is 11.9 Å². The van der Waals surface area contributed by atoms with Gasteiger partial charge in [-0.15, -0.1) is 11.3 Å². The molecule has 2 fully saturated rings. The summed E-state index contributed by atoms with van der Waals surface area (Å²) in [7, 11) is 1.43. The number of imidazole rings is 1. The zero-order chi connectivity index (χ0) is 27.6. The van der Waals surface area contributed by atoms with Gasteiger partial charge in [0.25, 0.3) is 11.5 Å². The first-order valence-corrected chi connectivity index (χ1v) is 12.7. The smallest absolute Gasteiger partial charge is 0.333 e. The maximum Gasteiger partial charge on any atom is 0.333 e. The SMILES string of the molecule is C[C@@H](C(=O)Nc1csc(-c2cnc(N3CC4C(C3)C4(F)F)nc2)n1)n1cnc2c1c(=O)n(CC#N)c(=O)n2C.[HH]. The van der Waals surface area contributed by atoms with Gasteiger partial charge in [0, 0.05) is 44.9 Å². The van der Waals surface area contributed by atoms with Gasteiger partial charge in [-0.1, -0.05) is 0 Å². The fourth-order valence-electron chi connectivity index (χ4n) is 4.88. The summed E-state index contributed by atoms with van der Waals surface area (Å²) in [6.07, 6.45) is 4.42. The quantitative estimate of drug-likeness (QED) is 0.372. The van der Waals surface area contributed by atoms with Gasteiger partial charge in [0.15, 0.2) is 11.2 Å². The molecule has 2 unspecified atom stereocenters. The van der Waals surface area contributed by atoms with E-state index >= 15 is 0 Å². The van der Waals surface area contributed by atoms with Crippen molar-refractivity contribution in [2.24, 2.45) is 18.9 Å². The highest BCUT2D eigenvalue weighted by molar-refractivity contribution is 7.13. The summed E-state index contributed by atoms with van der Waals surface area (Å²) >= 11 is 1.26. The normalized spacial score (nSPS) is 20.0. The van der Waals surface area contributed by atoms with E-state index in [1.54, 1.807) is 35.7 Å². The third-order valence-corrected chi connectivity index (χ3v) is 8.10. The van der Waals surface area contributed by atoms with E-state index in [1.807, 2.05) is 0 Å². The van der Waals surface area contributed by atoms with E-state index in [-0.39, 0.29) is 31.5 Å². The fraction of sp³-hybridized carbons (Fsp3) is 0.391. The molecule has 1 aliphatic carbocycles. The maximum atomic E-state index is 13.5. The second kappa shape index (κ2) is 8.76. The highest BCUT2D eigenvalue weighted by Gasteiger charge is 2.72. The van der Waals surface area contributed by atoms with Gasteiger partial charge < -0.3 is 14.8 Å². The second-order valence-corrected chi connectivity index (χ2v) is 10.3. The van der Waals surface area contributed by atoms with Crippen molar-refractivity contribution in [3.05, 3.63) is 44.9 Å². The van der Waals surface area contributed by atoms with Crippen LogP contribution in [0, 0.1) is 23.2 Å². The molecule has 1 aliphatic heterocycles. The number of thiazole rings is 1. The first-order valence-electron chi connectivity index (χ1n) is 11.9. The number of aryl methyl sites for hydroxylation is 1. The van der Waals surface area contributed by atoms with Crippen molar-refractivity contribution in [1.82, 2.24) is 33.6 Å². The Morgan fingerprint density at radius 1 is 1.28 bits per heavy atom. The summed E-state index contributed by atoms with van der Waals surface area (Å²) in [4.78, 5) is 57.2. The van der Waals surface area contributed by atoms with E-state index in [0.717, 1.165) is 9.13 Å². The highest BCUT2D eigenvalue weighted by Crippen LogP contribution is 2.59. The van der Waals surface area contributed by atoms with E-state index in [4.69, 9.17) is 5.26 Å². The Bertz CT molecular complexity index is 1780. The Morgan fingerprint density at radius 3 is 2.64 bits per heavy atom. The zero-order valence-corrected chi connectivity index (χ0v) is 21.4. The van der Waals surface area contributed by atoms with Crippen molar-refractivity contribution in [1.29, 1.82) is 5.26 Å². The number of piperidine rings is 1. The summed E-state index contributed by atoms with van der Waals surface area (Å²) in [5, 5.41) is 13.9. The number of nitriles is 1. The van der Waals surface area contributed by atoms with Crippen LogP contribution in [0.4, 0.5) is 20.5 Å². The molecule has 3 atom stereocenters. The molecular weight excluding hydrogens is 534 g/mol. The predicted molar refractivity (Wildman–Crippen MR) is 138 cm³/mol. The topological polar surface area (TPSA) is 157 Å². The number of fused-ring (bicyclic) bond motifs is 2. The molecule has 1 amide bonds. The van der Waals surface area contributed by atoms with Crippen molar-refractivity contribution in [2.75, 3.05) is 23.3 Å². The van der Waals surface area contributed by atoms with E-state index in [1.165, 1.54) is 29.3 Å². The lowest BCUT2D eigenvalue weighted by Gasteiger charge is -2.19. The van der Waals surface area contributed by atoms with Crippen LogP contribution in [-0.4, -0.2) is 58.6 Å². The Morgan fingerprint density at radius 2 is 1.97 bits per heavy atom. The van der Waals surface area contributed by atoms with Crippen molar-refractivity contribution in [3.63, 3.8) is 0 Å². The van der Waals surface area contributed by atoms with Crippen LogP contribution in [-0.2, 0) is 18.4 Å². The lowest BCUT2D eigenvalue weighted by atomic mass is 10.3. The molecule has 1 saturated carbocycles. The minimum atomic E-state index is -2.57. The van der Waals surface area contributed by atoms with Crippen molar-refractivity contribution >= 4 is 40.2 Å². The minimum absolute atomic E-state index is 0. The zero-order valence-electron chi connectivity index (χ0n) is 20.6. The van der Waals surface area contributed by atoms with Gasteiger partial charge in [-0.2, -0.15) is 5.26 Å². The average Bonchev–Trinajstić information content (AvgIpc) is 3.51. The monoisotopic (exact) mass is 556 g/mol. The number of carbonyl (C=O) groups is 1. The molecule has 4 aromatic rings. The first kappa shape index (κ1) is 24.8. The molecule has 13 nitrogen and oxygen atoms in total. The fourth-order valence-corrected chi connectivity index (χ4v) is 5.61. The summed E-state index contributed by atoms with van der Waals surface area (Å²) in [5.41, 5.74) is -0.678. The number of nitrogens with zero attached hydrogens (tertiary/aromatic N) is 9. The van der Waals surface area contributed by atoms with Gasteiger partial charge in [-0.25, -0.2) is 38.1 Å². The van der Waals surface area contributed by atoms with Gasteiger partial charge >= 0.3 is 5.69 Å². The molecular formula is C23H22F2N10O3S. The lowest BCUT2D eigenvalue weighted by molar-refractivity contribution is -0.118. The second-order valence-electron chi connectivity index (χ2n) is 9.48. The third-order valence-electron chi connectivity index (χ3n) is 7.21. The highest BCUT2D eigenvalue weighted by atomic mass is 32.1. The number of amides is 1. The Balaban J connectivity index is 0.00000323. The molecule has 1 saturated heterocycles. The molecule has 0 bridgehead atoms. The number of anilines is 2. The Labute approximate surface area is 223 Å². The number of aromatic nitrogens is 7. The molecule has 16 heteroatoms. The van der Waals surface area contributed by atoms with Gasteiger partial charge in [0.05, 0.1) is 24.2 Å². The third kappa shape index (κ3) is 3.88. The molecule has 0 radical (unpaired) electrons. The molecule has 0 aromatic carbocycles. The molecule has 5 heterocycles. The number of hydrogen-bond donors (Lipinski definition) is 1. The molecule has 202 valence electrons. The predicted octanol–water partition coefficient (Wildman–Crippen LogP) is 1.48. The van der Waals surface area contributed by atoms with Gasteiger partial charge in [-0.3, -0.25) is 14.2 Å². The average molecular weight is 557 g/mol. The summed E-state index contributed by atoms with van der Waals surface area (Å²) in [6, 6.07) is 0.888. The van der Waals surface area contributed by atoms with Crippen LogP contribution >= 0.6 is 11.3 Å². The van der Waals surface area contributed by atoms with Crippen molar-refractivity contribution in [3.8, 4) is 16.6 Å². The van der Waals surface area contributed by atoms with Crippen LogP contribution in [0.1, 0.15) is 14.4 Å². The number of alkyl halides is 2. The minimum Gasteiger partial charge on any atom is -0.340 e. The van der Waals surface area contributed by atoms with Crippen LogP contribution in [0.5, 0.6) is 0 Å². The Kier molecular flexibility index (Phi) is 5.57. The standard InChI is InChI=1S/C23H20F2N10O3S.H2/c1-11(35-10-29-17-16(35)20(37)34(4-3-26)22(38)32(17)2)18(36)30-15-9-39-19(31-15)12-5-27-21(28-6-12)33-7-13-14(8-33)23(13,24)25;/h5-6,9-11,13-14H,4,7-8H2,1-2H3,(H,30,36);1H/t11-,13?,14?;/m0./s1. The molecule has 6 rings (SSSR count). The molecule has 39 heavy (non-hydrogen) atoms. The number of hydrogen-bond acceptors (Lipinski definition) is 10. The molecule has 1 N–H and O–H groups in total. The lowest BCUT2D eigenvalue weighted by Crippen LogP contribution is -2.40.